The van der Waals surface area contributed by atoms with Gasteiger partial charge < -0.3 is 14.6 Å². The monoisotopic (exact) mass is 258 g/mol. The summed E-state index contributed by atoms with van der Waals surface area (Å²) in [6.07, 6.45) is -0.588. The summed E-state index contributed by atoms with van der Waals surface area (Å²) in [6.45, 7) is 2.18. The van der Waals surface area contributed by atoms with Gasteiger partial charge in [-0.3, -0.25) is 0 Å². The van der Waals surface area contributed by atoms with Gasteiger partial charge in [0, 0.05) is 5.56 Å². The second-order valence-corrected chi connectivity index (χ2v) is 4.33. The first-order chi connectivity index (χ1) is 9.22. The minimum atomic E-state index is -0.588. The fraction of sp³-hybridized carbons (Fsp3) is 0.250. The first-order valence-corrected chi connectivity index (χ1v) is 6.24. The molecule has 0 aliphatic rings. The molecule has 1 unspecified atom stereocenters. The van der Waals surface area contributed by atoms with E-state index in [1.165, 1.54) is 0 Å². The van der Waals surface area contributed by atoms with Gasteiger partial charge in [0.15, 0.2) is 11.5 Å². The highest BCUT2D eigenvalue weighted by molar-refractivity contribution is 5.47. The van der Waals surface area contributed by atoms with Crippen molar-refractivity contribution < 1.29 is 14.6 Å². The van der Waals surface area contributed by atoms with Gasteiger partial charge in [-0.25, -0.2) is 0 Å². The Morgan fingerprint density at radius 2 is 1.79 bits per heavy atom. The summed E-state index contributed by atoms with van der Waals surface area (Å²) in [5.74, 6) is 1.23. The van der Waals surface area contributed by atoms with E-state index in [4.69, 9.17) is 9.47 Å². The number of ether oxygens (including phenoxy) is 2. The molecule has 3 nitrogen and oxygen atoms in total. The lowest BCUT2D eigenvalue weighted by Crippen LogP contribution is -2.01. The third-order valence-corrected chi connectivity index (χ3v) is 2.90. The molecule has 0 bridgehead atoms. The molecule has 1 N–H and O–H groups in total. The van der Waals surface area contributed by atoms with E-state index in [-0.39, 0.29) is 0 Å². The molecule has 0 spiro atoms. The minimum absolute atomic E-state index is 0.473. The number of hydrogen-bond donors (Lipinski definition) is 1. The maximum absolute atomic E-state index is 9.71. The topological polar surface area (TPSA) is 38.7 Å². The summed E-state index contributed by atoms with van der Waals surface area (Å²) in [5, 5.41) is 9.71. The van der Waals surface area contributed by atoms with E-state index in [0.717, 1.165) is 11.1 Å². The molecule has 2 aromatic carbocycles. The van der Waals surface area contributed by atoms with E-state index in [0.29, 0.717) is 18.1 Å². The molecule has 0 aliphatic heterocycles. The number of aliphatic hydroxyl groups is 1. The van der Waals surface area contributed by atoms with E-state index in [2.05, 4.69) is 0 Å². The molecule has 2 aromatic rings. The minimum Gasteiger partial charge on any atom is -0.492 e. The second-order valence-electron chi connectivity index (χ2n) is 4.33. The molecule has 0 amide bonds. The highest BCUT2D eigenvalue weighted by atomic mass is 16.5. The van der Waals surface area contributed by atoms with Crippen LogP contribution in [-0.4, -0.2) is 12.2 Å². The number of para-hydroxylation sites is 1. The van der Waals surface area contributed by atoms with Crippen LogP contribution in [0, 0.1) is 0 Å². The van der Waals surface area contributed by atoms with Crippen LogP contribution in [0.2, 0.25) is 0 Å². The highest BCUT2D eigenvalue weighted by Crippen LogP contribution is 2.34. The number of aliphatic hydroxyl groups excluding tert-OH is 1. The first-order valence-electron chi connectivity index (χ1n) is 6.24. The number of rotatable bonds is 5. The van der Waals surface area contributed by atoms with E-state index in [1.807, 2.05) is 48.5 Å². The lowest BCUT2D eigenvalue weighted by atomic mass is 10.1. The number of benzene rings is 2. The average molecular weight is 258 g/mol. The summed E-state index contributed by atoms with van der Waals surface area (Å²) in [4.78, 5) is 0. The molecule has 0 radical (unpaired) electrons. The van der Waals surface area contributed by atoms with E-state index >= 15 is 0 Å². The molecule has 0 fully saturated rings. The van der Waals surface area contributed by atoms with Gasteiger partial charge in [-0.05, 0) is 18.6 Å². The molecule has 0 aliphatic carbocycles. The van der Waals surface area contributed by atoms with Crippen molar-refractivity contribution in [1.29, 1.82) is 0 Å². The summed E-state index contributed by atoms with van der Waals surface area (Å²) in [5.41, 5.74) is 1.82. The van der Waals surface area contributed by atoms with Gasteiger partial charge in [0.1, 0.15) is 6.61 Å². The van der Waals surface area contributed by atoms with Crippen LogP contribution in [0.3, 0.4) is 0 Å². The molecule has 19 heavy (non-hydrogen) atoms. The summed E-state index contributed by atoms with van der Waals surface area (Å²) in [7, 11) is 1.58. The number of methoxy groups -OCH3 is 1. The summed E-state index contributed by atoms with van der Waals surface area (Å²) >= 11 is 0. The quantitative estimate of drug-likeness (QED) is 0.894. The lowest BCUT2D eigenvalue weighted by Gasteiger charge is -2.15. The zero-order valence-electron chi connectivity index (χ0n) is 11.2. The Kier molecular flexibility index (Phi) is 4.42. The Bertz CT molecular complexity index is 521. The molecule has 0 saturated heterocycles. The third-order valence-electron chi connectivity index (χ3n) is 2.90. The standard InChI is InChI=1S/C16H18O3/c1-12(17)14-9-6-10-15(16(14)18-2)19-11-13-7-4-3-5-8-13/h3-10,12,17H,11H2,1-2H3. The maximum atomic E-state index is 9.71. The molecule has 0 aromatic heterocycles. The van der Waals surface area contributed by atoms with Crippen LogP contribution in [0.4, 0.5) is 0 Å². The second kappa shape index (κ2) is 6.25. The molecule has 2 rings (SSSR count). The van der Waals surface area contributed by atoms with Crippen LogP contribution in [0.1, 0.15) is 24.2 Å². The zero-order valence-corrected chi connectivity index (χ0v) is 11.2. The van der Waals surface area contributed by atoms with Crippen molar-refractivity contribution in [2.24, 2.45) is 0 Å². The smallest absolute Gasteiger partial charge is 0.166 e. The molecule has 3 heteroatoms. The maximum Gasteiger partial charge on any atom is 0.166 e. The Balaban J connectivity index is 2.18. The number of hydrogen-bond acceptors (Lipinski definition) is 3. The van der Waals surface area contributed by atoms with Crippen LogP contribution in [0.25, 0.3) is 0 Å². The molecule has 100 valence electrons. The van der Waals surface area contributed by atoms with Crippen molar-refractivity contribution in [3.8, 4) is 11.5 Å². The van der Waals surface area contributed by atoms with Crippen LogP contribution < -0.4 is 9.47 Å². The molecule has 0 heterocycles. The van der Waals surface area contributed by atoms with Crippen molar-refractivity contribution in [1.82, 2.24) is 0 Å². The Morgan fingerprint density at radius 1 is 1.05 bits per heavy atom. The predicted octanol–water partition coefficient (Wildman–Crippen LogP) is 3.33. The van der Waals surface area contributed by atoms with Gasteiger partial charge in [0.05, 0.1) is 13.2 Å². The van der Waals surface area contributed by atoms with Gasteiger partial charge in [0.25, 0.3) is 0 Å². The van der Waals surface area contributed by atoms with Crippen molar-refractivity contribution in [2.45, 2.75) is 19.6 Å². The van der Waals surface area contributed by atoms with Crippen molar-refractivity contribution >= 4 is 0 Å². The summed E-state index contributed by atoms with van der Waals surface area (Å²) in [6, 6.07) is 15.5. The van der Waals surface area contributed by atoms with Crippen LogP contribution in [0.5, 0.6) is 11.5 Å². The molecule has 1 atom stereocenters. The van der Waals surface area contributed by atoms with Gasteiger partial charge >= 0.3 is 0 Å². The average Bonchev–Trinajstić information content (AvgIpc) is 2.45. The SMILES string of the molecule is COc1c(OCc2ccccc2)cccc1C(C)O. The Hall–Kier alpha value is -2.00. The lowest BCUT2D eigenvalue weighted by molar-refractivity contribution is 0.191. The van der Waals surface area contributed by atoms with Crippen molar-refractivity contribution in [3.63, 3.8) is 0 Å². The first kappa shape index (κ1) is 13.4. The fourth-order valence-electron chi connectivity index (χ4n) is 1.93. The largest absolute Gasteiger partial charge is 0.492 e. The normalized spacial score (nSPS) is 11.9. The van der Waals surface area contributed by atoms with E-state index in [1.54, 1.807) is 14.0 Å². The molecule has 0 saturated carbocycles. The van der Waals surface area contributed by atoms with Gasteiger partial charge in [-0.1, -0.05) is 42.5 Å². The molecular formula is C16H18O3. The van der Waals surface area contributed by atoms with E-state index < -0.39 is 6.10 Å². The zero-order chi connectivity index (χ0) is 13.7. The van der Waals surface area contributed by atoms with Crippen molar-refractivity contribution in [3.05, 3.63) is 59.7 Å². The third kappa shape index (κ3) is 3.26. The van der Waals surface area contributed by atoms with Gasteiger partial charge in [0.2, 0.25) is 0 Å². The van der Waals surface area contributed by atoms with Crippen LogP contribution >= 0.6 is 0 Å². The Labute approximate surface area is 113 Å². The highest BCUT2D eigenvalue weighted by Gasteiger charge is 2.13. The fourth-order valence-corrected chi connectivity index (χ4v) is 1.93. The van der Waals surface area contributed by atoms with Crippen LogP contribution in [-0.2, 0) is 6.61 Å². The predicted molar refractivity (Wildman–Crippen MR) is 74.4 cm³/mol. The Morgan fingerprint density at radius 3 is 2.42 bits per heavy atom. The summed E-state index contributed by atoms with van der Waals surface area (Å²) < 4.78 is 11.1. The molecular weight excluding hydrogens is 240 g/mol. The van der Waals surface area contributed by atoms with Gasteiger partial charge in [-0.2, -0.15) is 0 Å². The van der Waals surface area contributed by atoms with Gasteiger partial charge in [-0.15, -0.1) is 0 Å². The van der Waals surface area contributed by atoms with E-state index in [9.17, 15) is 5.11 Å². The van der Waals surface area contributed by atoms with Crippen LogP contribution in [0.15, 0.2) is 48.5 Å². The van der Waals surface area contributed by atoms with Crippen molar-refractivity contribution in [2.75, 3.05) is 7.11 Å².